The van der Waals surface area contributed by atoms with E-state index in [9.17, 15) is 0 Å². The normalized spacial score (nSPS) is 21.3. The lowest BCUT2D eigenvalue weighted by molar-refractivity contribution is 0.0897. The summed E-state index contributed by atoms with van der Waals surface area (Å²) in [5.41, 5.74) is 10.5. The van der Waals surface area contributed by atoms with E-state index in [0.717, 1.165) is 19.4 Å². The Kier molecular flexibility index (Phi) is 4.64. The molecule has 1 aromatic rings. The maximum atomic E-state index is 6.44. The zero-order valence-electron chi connectivity index (χ0n) is 12.6. The van der Waals surface area contributed by atoms with Crippen LogP contribution in [-0.4, -0.2) is 12.7 Å². The number of rotatable bonds is 4. The van der Waals surface area contributed by atoms with Crippen LogP contribution < -0.4 is 5.73 Å². The van der Waals surface area contributed by atoms with Crippen LogP contribution in [-0.2, 0) is 4.74 Å². The van der Waals surface area contributed by atoms with E-state index in [1.54, 1.807) is 0 Å². The molecule has 0 amide bonds. The van der Waals surface area contributed by atoms with Gasteiger partial charge < -0.3 is 10.5 Å². The quantitative estimate of drug-likeness (QED) is 0.885. The van der Waals surface area contributed by atoms with Crippen LogP contribution in [0.15, 0.2) is 18.2 Å². The lowest BCUT2D eigenvalue weighted by Gasteiger charge is -2.24. The molecule has 2 heteroatoms. The summed E-state index contributed by atoms with van der Waals surface area (Å²) in [5, 5.41) is 0. The lowest BCUT2D eigenvalue weighted by Crippen LogP contribution is -2.26. The van der Waals surface area contributed by atoms with Gasteiger partial charge in [-0.2, -0.15) is 0 Å². The minimum atomic E-state index is 0.0149. The Labute approximate surface area is 117 Å². The van der Waals surface area contributed by atoms with Crippen molar-refractivity contribution in [1.82, 2.24) is 0 Å². The Morgan fingerprint density at radius 3 is 2.37 bits per heavy atom. The SMILES string of the molecule is CC(C)c1ccc(C(N)C2CCCO2)c(C(C)C)c1. The van der Waals surface area contributed by atoms with Crippen molar-refractivity contribution in [2.24, 2.45) is 5.73 Å². The zero-order chi connectivity index (χ0) is 14.0. The van der Waals surface area contributed by atoms with Crippen LogP contribution in [0.2, 0.25) is 0 Å². The molecule has 2 rings (SSSR count). The molecule has 2 unspecified atom stereocenters. The minimum Gasteiger partial charge on any atom is -0.376 e. The molecule has 2 nitrogen and oxygen atoms in total. The molecule has 19 heavy (non-hydrogen) atoms. The summed E-state index contributed by atoms with van der Waals surface area (Å²) in [5.74, 6) is 1.06. The van der Waals surface area contributed by atoms with Crippen molar-refractivity contribution in [3.8, 4) is 0 Å². The second-order valence-corrected chi connectivity index (χ2v) is 6.28. The maximum absolute atomic E-state index is 6.44. The molecule has 0 saturated carbocycles. The maximum Gasteiger partial charge on any atom is 0.0768 e. The van der Waals surface area contributed by atoms with Gasteiger partial charge in [-0.1, -0.05) is 45.9 Å². The highest BCUT2D eigenvalue weighted by Gasteiger charge is 2.26. The first-order chi connectivity index (χ1) is 9.00. The van der Waals surface area contributed by atoms with E-state index in [-0.39, 0.29) is 12.1 Å². The molecule has 1 saturated heterocycles. The van der Waals surface area contributed by atoms with Gasteiger partial charge >= 0.3 is 0 Å². The Morgan fingerprint density at radius 2 is 1.84 bits per heavy atom. The summed E-state index contributed by atoms with van der Waals surface area (Å²) in [6, 6.07) is 6.79. The van der Waals surface area contributed by atoms with Crippen molar-refractivity contribution in [2.75, 3.05) is 6.61 Å². The van der Waals surface area contributed by atoms with Crippen LogP contribution in [0, 0.1) is 0 Å². The van der Waals surface area contributed by atoms with Crippen molar-refractivity contribution in [2.45, 2.75) is 64.5 Å². The van der Waals surface area contributed by atoms with Crippen LogP contribution >= 0.6 is 0 Å². The van der Waals surface area contributed by atoms with E-state index in [4.69, 9.17) is 10.5 Å². The molecule has 0 aromatic heterocycles. The highest BCUT2D eigenvalue weighted by Crippen LogP contribution is 2.32. The summed E-state index contributed by atoms with van der Waals surface area (Å²) in [6.45, 7) is 9.81. The molecule has 1 fully saturated rings. The molecule has 0 spiro atoms. The first kappa shape index (κ1) is 14.5. The molecule has 2 atom stereocenters. The summed E-state index contributed by atoms with van der Waals surface area (Å²) < 4.78 is 5.76. The molecule has 1 heterocycles. The van der Waals surface area contributed by atoms with Crippen LogP contribution in [0.4, 0.5) is 0 Å². The van der Waals surface area contributed by atoms with Crippen LogP contribution in [0.1, 0.15) is 75.1 Å². The van der Waals surface area contributed by atoms with E-state index in [1.165, 1.54) is 16.7 Å². The number of hydrogen-bond acceptors (Lipinski definition) is 2. The van der Waals surface area contributed by atoms with E-state index >= 15 is 0 Å². The van der Waals surface area contributed by atoms with Crippen LogP contribution in [0.5, 0.6) is 0 Å². The summed E-state index contributed by atoms with van der Waals surface area (Å²) in [4.78, 5) is 0. The molecule has 2 N–H and O–H groups in total. The lowest BCUT2D eigenvalue weighted by atomic mass is 9.87. The number of nitrogens with two attached hydrogens (primary N) is 1. The Bertz CT molecular complexity index is 419. The fourth-order valence-corrected chi connectivity index (χ4v) is 2.84. The van der Waals surface area contributed by atoms with Gasteiger partial charge in [-0.25, -0.2) is 0 Å². The first-order valence-corrected chi connectivity index (χ1v) is 7.51. The van der Waals surface area contributed by atoms with E-state index in [0.29, 0.717) is 11.8 Å². The van der Waals surface area contributed by atoms with Gasteiger partial charge in [0.25, 0.3) is 0 Å². The van der Waals surface area contributed by atoms with Crippen molar-refractivity contribution in [3.63, 3.8) is 0 Å². The largest absolute Gasteiger partial charge is 0.376 e. The zero-order valence-corrected chi connectivity index (χ0v) is 12.6. The van der Waals surface area contributed by atoms with Crippen LogP contribution in [0.3, 0.4) is 0 Å². The van der Waals surface area contributed by atoms with E-state index in [2.05, 4.69) is 45.9 Å². The highest BCUT2D eigenvalue weighted by molar-refractivity contribution is 5.38. The van der Waals surface area contributed by atoms with Crippen molar-refractivity contribution in [3.05, 3.63) is 34.9 Å². The topological polar surface area (TPSA) is 35.2 Å². The monoisotopic (exact) mass is 261 g/mol. The second-order valence-electron chi connectivity index (χ2n) is 6.28. The number of hydrogen-bond donors (Lipinski definition) is 1. The molecule has 1 aliphatic heterocycles. The van der Waals surface area contributed by atoms with E-state index in [1.807, 2.05) is 0 Å². The second kappa shape index (κ2) is 6.06. The predicted molar refractivity (Wildman–Crippen MR) is 80.5 cm³/mol. The number of benzene rings is 1. The van der Waals surface area contributed by atoms with E-state index < -0.39 is 0 Å². The average molecular weight is 261 g/mol. The molecular formula is C17H27NO. The standard InChI is InChI=1S/C17H27NO/c1-11(2)13-7-8-14(15(10-13)12(3)4)17(18)16-6-5-9-19-16/h7-8,10-12,16-17H,5-6,9,18H2,1-4H3. The van der Waals surface area contributed by atoms with Crippen molar-refractivity contribution >= 4 is 0 Å². The van der Waals surface area contributed by atoms with Gasteiger partial charge in [0.2, 0.25) is 0 Å². The molecule has 1 aromatic carbocycles. The third kappa shape index (κ3) is 3.18. The summed E-state index contributed by atoms with van der Waals surface area (Å²) in [6.07, 6.45) is 2.42. The third-order valence-corrected chi connectivity index (χ3v) is 4.12. The summed E-state index contributed by atoms with van der Waals surface area (Å²) >= 11 is 0. The van der Waals surface area contributed by atoms with Gasteiger partial charge in [0.1, 0.15) is 0 Å². The van der Waals surface area contributed by atoms with Crippen molar-refractivity contribution in [1.29, 1.82) is 0 Å². The van der Waals surface area contributed by atoms with Gasteiger partial charge in [0, 0.05) is 6.61 Å². The Hall–Kier alpha value is -0.860. The van der Waals surface area contributed by atoms with Gasteiger partial charge in [-0.3, -0.25) is 0 Å². The smallest absolute Gasteiger partial charge is 0.0768 e. The fourth-order valence-electron chi connectivity index (χ4n) is 2.84. The van der Waals surface area contributed by atoms with Gasteiger partial charge in [0.15, 0.2) is 0 Å². The first-order valence-electron chi connectivity index (χ1n) is 7.51. The molecule has 0 aliphatic carbocycles. The van der Waals surface area contributed by atoms with Crippen LogP contribution in [0.25, 0.3) is 0 Å². The number of ether oxygens (including phenoxy) is 1. The van der Waals surface area contributed by atoms with Gasteiger partial charge in [0.05, 0.1) is 12.1 Å². The van der Waals surface area contributed by atoms with Crippen molar-refractivity contribution < 1.29 is 4.74 Å². The third-order valence-electron chi connectivity index (χ3n) is 4.12. The Balaban J connectivity index is 2.32. The molecule has 1 aliphatic rings. The predicted octanol–water partition coefficient (Wildman–Crippen LogP) is 4.11. The summed E-state index contributed by atoms with van der Waals surface area (Å²) in [7, 11) is 0. The Morgan fingerprint density at radius 1 is 1.11 bits per heavy atom. The van der Waals surface area contributed by atoms with Gasteiger partial charge in [-0.05, 0) is 41.4 Å². The molecule has 106 valence electrons. The average Bonchev–Trinajstić information content (AvgIpc) is 2.90. The molecule has 0 bridgehead atoms. The van der Waals surface area contributed by atoms with Gasteiger partial charge in [-0.15, -0.1) is 0 Å². The highest BCUT2D eigenvalue weighted by atomic mass is 16.5. The molecule has 0 radical (unpaired) electrons. The minimum absolute atomic E-state index is 0.0149. The fraction of sp³-hybridized carbons (Fsp3) is 0.647. The molecular weight excluding hydrogens is 234 g/mol.